The number of nitro benzene ring substituents is 1. The molecule has 0 unspecified atom stereocenters. The SMILES string of the molecule is CC(C)COC(=O)NCCC(=O)OCC(=O)c1cccc([N+](=O)[O-])c1. The molecule has 25 heavy (non-hydrogen) atoms. The number of benzene rings is 1. The molecule has 9 nitrogen and oxygen atoms in total. The summed E-state index contributed by atoms with van der Waals surface area (Å²) in [6, 6.07) is 5.14. The van der Waals surface area contributed by atoms with E-state index in [1.807, 2.05) is 13.8 Å². The number of ether oxygens (including phenoxy) is 2. The first kappa shape index (κ1) is 20.1. The van der Waals surface area contributed by atoms with E-state index in [1.54, 1.807) is 0 Å². The van der Waals surface area contributed by atoms with E-state index in [0.29, 0.717) is 0 Å². The number of nitrogens with zero attached hydrogens (tertiary/aromatic N) is 1. The normalized spacial score (nSPS) is 10.2. The van der Waals surface area contributed by atoms with Crippen molar-refractivity contribution in [2.75, 3.05) is 19.8 Å². The summed E-state index contributed by atoms with van der Waals surface area (Å²) in [5.74, 6) is -1.03. The fourth-order valence-corrected chi connectivity index (χ4v) is 1.65. The van der Waals surface area contributed by atoms with Gasteiger partial charge in [0.2, 0.25) is 5.78 Å². The van der Waals surface area contributed by atoms with Crippen molar-refractivity contribution in [1.29, 1.82) is 0 Å². The number of hydrogen-bond acceptors (Lipinski definition) is 7. The first-order chi connectivity index (χ1) is 11.8. The monoisotopic (exact) mass is 352 g/mol. The molecule has 1 rings (SSSR count). The third kappa shape index (κ3) is 7.91. The molecule has 0 aliphatic heterocycles. The van der Waals surface area contributed by atoms with E-state index in [0.717, 1.165) is 6.07 Å². The van der Waals surface area contributed by atoms with Crippen LogP contribution in [-0.2, 0) is 14.3 Å². The summed E-state index contributed by atoms with van der Waals surface area (Å²) in [6.45, 7) is 3.54. The summed E-state index contributed by atoms with van der Waals surface area (Å²) in [4.78, 5) is 44.7. The number of nitro groups is 1. The summed E-state index contributed by atoms with van der Waals surface area (Å²) < 4.78 is 9.65. The van der Waals surface area contributed by atoms with Gasteiger partial charge in [-0.3, -0.25) is 19.7 Å². The Bertz CT molecular complexity index is 643. The Morgan fingerprint density at radius 1 is 1.24 bits per heavy atom. The average Bonchev–Trinajstić information content (AvgIpc) is 2.57. The second-order valence-electron chi connectivity index (χ2n) is 5.56. The van der Waals surface area contributed by atoms with Gasteiger partial charge in [0, 0.05) is 24.2 Å². The first-order valence-corrected chi connectivity index (χ1v) is 7.63. The van der Waals surface area contributed by atoms with Crippen LogP contribution in [0.5, 0.6) is 0 Å². The molecule has 0 aromatic heterocycles. The van der Waals surface area contributed by atoms with Crippen LogP contribution in [0.4, 0.5) is 10.5 Å². The van der Waals surface area contributed by atoms with Gasteiger partial charge in [-0.1, -0.05) is 26.0 Å². The van der Waals surface area contributed by atoms with E-state index in [4.69, 9.17) is 9.47 Å². The molecule has 0 saturated carbocycles. The minimum atomic E-state index is -0.678. The van der Waals surface area contributed by atoms with Crippen LogP contribution in [0.25, 0.3) is 0 Å². The minimum absolute atomic E-state index is 0.0146. The molecule has 136 valence electrons. The summed E-state index contributed by atoms with van der Waals surface area (Å²) in [5.41, 5.74) is -0.140. The average molecular weight is 352 g/mol. The summed E-state index contributed by atoms with van der Waals surface area (Å²) >= 11 is 0. The molecule has 1 amide bonds. The number of esters is 1. The zero-order valence-corrected chi connectivity index (χ0v) is 14.0. The molecule has 0 spiro atoms. The molecule has 9 heteroatoms. The second-order valence-corrected chi connectivity index (χ2v) is 5.56. The number of alkyl carbamates (subject to hydrolysis) is 1. The van der Waals surface area contributed by atoms with E-state index in [-0.39, 0.29) is 36.7 Å². The predicted octanol–water partition coefficient (Wildman–Crippen LogP) is 2.09. The van der Waals surface area contributed by atoms with Gasteiger partial charge < -0.3 is 14.8 Å². The van der Waals surface area contributed by atoms with E-state index in [1.165, 1.54) is 18.2 Å². The highest BCUT2D eigenvalue weighted by Crippen LogP contribution is 2.13. The highest BCUT2D eigenvalue weighted by Gasteiger charge is 2.14. The number of ketones is 1. The Labute approximate surface area is 144 Å². The smallest absolute Gasteiger partial charge is 0.407 e. The summed E-state index contributed by atoms with van der Waals surface area (Å²) in [5, 5.41) is 13.0. The van der Waals surface area contributed by atoms with Crippen molar-refractivity contribution in [3.63, 3.8) is 0 Å². The number of amides is 1. The topological polar surface area (TPSA) is 125 Å². The van der Waals surface area contributed by atoms with Gasteiger partial charge in [-0.15, -0.1) is 0 Å². The zero-order valence-electron chi connectivity index (χ0n) is 14.0. The van der Waals surface area contributed by atoms with Crippen molar-refractivity contribution in [1.82, 2.24) is 5.32 Å². The number of carbonyl (C=O) groups excluding carboxylic acids is 3. The fraction of sp³-hybridized carbons (Fsp3) is 0.438. The fourth-order valence-electron chi connectivity index (χ4n) is 1.65. The lowest BCUT2D eigenvalue weighted by Gasteiger charge is -2.08. The quantitative estimate of drug-likeness (QED) is 0.312. The molecule has 1 N–H and O–H groups in total. The number of non-ortho nitro benzene ring substituents is 1. The maximum atomic E-state index is 11.9. The van der Waals surface area contributed by atoms with Crippen LogP contribution in [0.1, 0.15) is 30.6 Å². The van der Waals surface area contributed by atoms with Crippen molar-refractivity contribution < 1.29 is 28.8 Å². The molecule has 0 atom stereocenters. The number of hydrogen-bond donors (Lipinski definition) is 1. The van der Waals surface area contributed by atoms with Crippen LogP contribution in [0.2, 0.25) is 0 Å². The van der Waals surface area contributed by atoms with Crippen molar-refractivity contribution in [2.45, 2.75) is 20.3 Å². The van der Waals surface area contributed by atoms with E-state index >= 15 is 0 Å². The summed E-state index contributed by atoms with van der Waals surface area (Å²) in [6.07, 6.45) is -0.756. The lowest BCUT2D eigenvalue weighted by Crippen LogP contribution is -2.28. The number of Topliss-reactive ketones (excluding diaryl/α,β-unsaturated/α-hetero) is 1. The van der Waals surface area contributed by atoms with Crippen LogP contribution in [-0.4, -0.2) is 42.5 Å². The van der Waals surface area contributed by atoms with Crippen LogP contribution in [0.15, 0.2) is 24.3 Å². The van der Waals surface area contributed by atoms with Crippen molar-refractivity contribution in [3.05, 3.63) is 39.9 Å². The highest BCUT2D eigenvalue weighted by atomic mass is 16.6. The van der Waals surface area contributed by atoms with Gasteiger partial charge in [0.05, 0.1) is 18.0 Å². The van der Waals surface area contributed by atoms with Crippen molar-refractivity contribution in [3.8, 4) is 0 Å². The van der Waals surface area contributed by atoms with Gasteiger partial charge in [0.15, 0.2) is 6.61 Å². The van der Waals surface area contributed by atoms with Gasteiger partial charge in [0.25, 0.3) is 5.69 Å². The van der Waals surface area contributed by atoms with E-state index in [2.05, 4.69) is 5.32 Å². The predicted molar refractivity (Wildman–Crippen MR) is 87.2 cm³/mol. The second kappa shape index (κ2) is 10.0. The van der Waals surface area contributed by atoms with Crippen LogP contribution < -0.4 is 5.32 Å². The highest BCUT2D eigenvalue weighted by molar-refractivity contribution is 5.98. The molecular formula is C16H20N2O7. The maximum Gasteiger partial charge on any atom is 0.407 e. The Balaban J connectivity index is 2.32. The van der Waals surface area contributed by atoms with Gasteiger partial charge in [0.1, 0.15) is 0 Å². The standard InChI is InChI=1S/C16H20N2O7/c1-11(2)9-25-16(21)17-7-6-15(20)24-10-14(19)12-4-3-5-13(8-12)18(22)23/h3-5,8,11H,6-7,9-10H2,1-2H3,(H,17,21). The lowest BCUT2D eigenvalue weighted by atomic mass is 10.1. The van der Waals surface area contributed by atoms with Gasteiger partial charge in [-0.05, 0) is 5.92 Å². The first-order valence-electron chi connectivity index (χ1n) is 7.63. The third-order valence-corrected chi connectivity index (χ3v) is 2.89. The summed E-state index contributed by atoms with van der Waals surface area (Å²) in [7, 11) is 0. The molecule has 0 fully saturated rings. The largest absolute Gasteiger partial charge is 0.457 e. The molecule has 0 heterocycles. The molecule has 0 aliphatic carbocycles. The van der Waals surface area contributed by atoms with E-state index in [9.17, 15) is 24.5 Å². The zero-order chi connectivity index (χ0) is 18.8. The number of rotatable bonds is 9. The molecule has 0 saturated heterocycles. The van der Waals surface area contributed by atoms with Crippen LogP contribution in [0, 0.1) is 16.0 Å². The van der Waals surface area contributed by atoms with Gasteiger partial charge in [-0.25, -0.2) is 4.79 Å². The van der Waals surface area contributed by atoms with Gasteiger partial charge in [-0.2, -0.15) is 0 Å². The number of nitrogens with one attached hydrogen (secondary N) is 1. The Kier molecular flexibility index (Phi) is 8.04. The Hall–Kier alpha value is -2.97. The molecule has 0 radical (unpaired) electrons. The van der Waals surface area contributed by atoms with Crippen molar-refractivity contribution in [2.24, 2.45) is 5.92 Å². The lowest BCUT2D eigenvalue weighted by molar-refractivity contribution is -0.384. The molecular weight excluding hydrogens is 332 g/mol. The number of carbonyl (C=O) groups is 3. The van der Waals surface area contributed by atoms with Crippen LogP contribution >= 0.6 is 0 Å². The maximum absolute atomic E-state index is 11.9. The van der Waals surface area contributed by atoms with Crippen molar-refractivity contribution >= 4 is 23.5 Å². The molecule has 1 aromatic carbocycles. The Morgan fingerprint density at radius 3 is 2.60 bits per heavy atom. The van der Waals surface area contributed by atoms with Crippen LogP contribution in [0.3, 0.4) is 0 Å². The third-order valence-electron chi connectivity index (χ3n) is 2.89. The van der Waals surface area contributed by atoms with E-state index < -0.39 is 29.4 Å². The molecule has 0 aliphatic rings. The molecule has 0 bridgehead atoms. The van der Waals surface area contributed by atoms with Gasteiger partial charge >= 0.3 is 12.1 Å². The Morgan fingerprint density at radius 2 is 1.96 bits per heavy atom. The minimum Gasteiger partial charge on any atom is -0.457 e. The molecule has 1 aromatic rings.